The Morgan fingerprint density at radius 3 is 2.23 bits per heavy atom. The average Bonchev–Trinajstić information content (AvgIpc) is 2.08. The maximum absolute atomic E-state index is 8.99. The second kappa shape index (κ2) is 4.84. The molecule has 0 atom stereocenters. The summed E-state index contributed by atoms with van der Waals surface area (Å²) in [5, 5.41) is 26.2. The third kappa shape index (κ3) is 3.92. The lowest BCUT2D eigenvalue weighted by Crippen LogP contribution is -2.03. The standard InChI is InChI=1S/C10H14O3/c11-9-6-4-8(5-7-9)2-1-3-10(12)13/h4-7,10-13H,1-3H2. The van der Waals surface area contributed by atoms with Gasteiger partial charge in [-0.15, -0.1) is 0 Å². The van der Waals surface area contributed by atoms with Gasteiger partial charge in [0.2, 0.25) is 0 Å². The van der Waals surface area contributed by atoms with Crippen LogP contribution < -0.4 is 0 Å². The van der Waals surface area contributed by atoms with Gasteiger partial charge in [0.1, 0.15) is 5.75 Å². The molecule has 1 rings (SSSR count). The van der Waals surface area contributed by atoms with Crippen LogP contribution in [0.25, 0.3) is 0 Å². The summed E-state index contributed by atoms with van der Waals surface area (Å²) in [6.07, 6.45) is 0.721. The highest BCUT2D eigenvalue weighted by atomic mass is 16.5. The van der Waals surface area contributed by atoms with Crippen LogP contribution in [0.4, 0.5) is 0 Å². The summed E-state index contributed by atoms with van der Waals surface area (Å²) in [6.45, 7) is 0. The van der Waals surface area contributed by atoms with Gasteiger partial charge in [-0.1, -0.05) is 12.1 Å². The lowest BCUT2D eigenvalue weighted by molar-refractivity contribution is -0.0461. The summed E-state index contributed by atoms with van der Waals surface area (Å²) >= 11 is 0. The molecule has 0 aromatic heterocycles. The zero-order valence-electron chi connectivity index (χ0n) is 7.35. The van der Waals surface area contributed by atoms with Crippen LogP contribution in [0.2, 0.25) is 0 Å². The molecule has 72 valence electrons. The zero-order chi connectivity index (χ0) is 9.68. The van der Waals surface area contributed by atoms with Crippen LogP contribution >= 0.6 is 0 Å². The molecular weight excluding hydrogens is 168 g/mol. The van der Waals surface area contributed by atoms with E-state index in [1.807, 2.05) is 12.1 Å². The van der Waals surface area contributed by atoms with Gasteiger partial charge in [0.25, 0.3) is 0 Å². The van der Waals surface area contributed by atoms with Gasteiger partial charge in [0, 0.05) is 0 Å². The molecule has 0 fully saturated rings. The number of aromatic hydroxyl groups is 1. The van der Waals surface area contributed by atoms with Gasteiger partial charge >= 0.3 is 0 Å². The lowest BCUT2D eigenvalue weighted by Gasteiger charge is -2.03. The van der Waals surface area contributed by atoms with Gasteiger partial charge in [-0.05, 0) is 37.0 Å². The summed E-state index contributed by atoms with van der Waals surface area (Å²) in [5.41, 5.74) is 1.10. The Kier molecular flexibility index (Phi) is 3.73. The topological polar surface area (TPSA) is 60.7 Å². The molecule has 3 heteroatoms. The molecular formula is C10H14O3. The van der Waals surface area contributed by atoms with Gasteiger partial charge in [-0.3, -0.25) is 0 Å². The number of benzene rings is 1. The third-order valence-electron chi connectivity index (χ3n) is 1.86. The highest BCUT2D eigenvalue weighted by Gasteiger charge is 1.98. The van der Waals surface area contributed by atoms with E-state index >= 15 is 0 Å². The van der Waals surface area contributed by atoms with Crippen LogP contribution in [0.15, 0.2) is 24.3 Å². The van der Waals surface area contributed by atoms with Crippen molar-refractivity contribution in [3.63, 3.8) is 0 Å². The smallest absolute Gasteiger partial charge is 0.151 e. The van der Waals surface area contributed by atoms with Crippen molar-refractivity contribution >= 4 is 0 Å². The van der Waals surface area contributed by atoms with Gasteiger partial charge in [0.15, 0.2) is 6.29 Å². The number of phenols is 1. The first-order valence-corrected chi connectivity index (χ1v) is 4.32. The normalized spacial score (nSPS) is 10.7. The predicted molar refractivity (Wildman–Crippen MR) is 49.3 cm³/mol. The van der Waals surface area contributed by atoms with Crippen LogP contribution in [0.3, 0.4) is 0 Å². The number of hydrogen-bond donors (Lipinski definition) is 3. The van der Waals surface area contributed by atoms with Crippen LogP contribution in [0.1, 0.15) is 18.4 Å². The Labute approximate surface area is 77.3 Å². The molecule has 0 bridgehead atoms. The van der Waals surface area contributed by atoms with Gasteiger partial charge in [0.05, 0.1) is 0 Å². The minimum Gasteiger partial charge on any atom is -0.508 e. The quantitative estimate of drug-likeness (QED) is 0.609. The molecule has 0 radical (unpaired) electrons. The van der Waals surface area contributed by atoms with Gasteiger partial charge in [-0.25, -0.2) is 0 Å². The summed E-state index contributed by atoms with van der Waals surface area (Å²) in [7, 11) is 0. The van der Waals surface area contributed by atoms with Gasteiger partial charge in [-0.2, -0.15) is 0 Å². The Balaban J connectivity index is 2.33. The Hall–Kier alpha value is -1.06. The van der Waals surface area contributed by atoms with E-state index in [4.69, 9.17) is 15.3 Å². The maximum Gasteiger partial charge on any atom is 0.151 e. The van der Waals surface area contributed by atoms with Crippen molar-refractivity contribution < 1.29 is 15.3 Å². The maximum atomic E-state index is 8.99. The van der Waals surface area contributed by atoms with E-state index in [1.54, 1.807) is 12.1 Å². The third-order valence-corrected chi connectivity index (χ3v) is 1.86. The summed E-state index contributed by atoms with van der Waals surface area (Å²) in [4.78, 5) is 0. The van der Waals surface area contributed by atoms with Gasteiger partial charge < -0.3 is 15.3 Å². The first kappa shape index (κ1) is 10.0. The molecule has 1 aromatic rings. The minimum absolute atomic E-state index is 0.256. The van der Waals surface area contributed by atoms with E-state index in [1.165, 1.54) is 0 Å². The van der Waals surface area contributed by atoms with E-state index < -0.39 is 6.29 Å². The molecule has 0 saturated carbocycles. The highest BCUT2D eigenvalue weighted by molar-refractivity contribution is 5.25. The fourth-order valence-electron chi connectivity index (χ4n) is 1.15. The summed E-state index contributed by atoms with van der Waals surface area (Å²) in [6, 6.07) is 6.92. The van der Waals surface area contributed by atoms with Crippen molar-refractivity contribution in [2.45, 2.75) is 25.6 Å². The van der Waals surface area contributed by atoms with Crippen molar-refractivity contribution in [3.8, 4) is 5.75 Å². The fourth-order valence-corrected chi connectivity index (χ4v) is 1.15. The van der Waals surface area contributed by atoms with Crippen LogP contribution in [0, 0.1) is 0 Å². The molecule has 0 aliphatic carbocycles. The lowest BCUT2D eigenvalue weighted by atomic mass is 10.1. The van der Waals surface area contributed by atoms with E-state index in [9.17, 15) is 0 Å². The number of hydrogen-bond acceptors (Lipinski definition) is 3. The van der Waals surface area contributed by atoms with E-state index in [-0.39, 0.29) is 5.75 Å². The Bertz CT molecular complexity index is 241. The molecule has 0 saturated heterocycles. The monoisotopic (exact) mass is 182 g/mol. The fraction of sp³-hybridized carbons (Fsp3) is 0.400. The SMILES string of the molecule is Oc1ccc(CCCC(O)O)cc1. The molecule has 0 aliphatic rings. The highest BCUT2D eigenvalue weighted by Crippen LogP contribution is 2.11. The average molecular weight is 182 g/mol. The number of phenolic OH excluding ortho intramolecular Hbond substituents is 1. The summed E-state index contributed by atoms with van der Waals surface area (Å²) in [5.74, 6) is 0.256. The molecule has 3 nitrogen and oxygen atoms in total. The van der Waals surface area contributed by atoms with Crippen molar-refractivity contribution in [2.24, 2.45) is 0 Å². The van der Waals surface area contributed by atoms with E-state index in [2.05, 4.69) is 0 Å². The molecule has 13 heavy (non-hydrogen) atoms. The molecule has 0 aliphatic heterocycles. The Morgan fingerprint density at radius 2 is 1.69 bits per heavy atom. The van der Waals surface area contributed by atoms with Crippen molar-refractivity contribution in [1.29, 1.82) is 0 Å². The minimum atomic E-state index is -1.21. The molecule has 1 aromatic carbocycles. The predicted octanol–water partition coefficient (Wildman–Crippen LogP) is 1.03. The van der Waals surface area contributed by atoms with Crippen LogP contribution in [-0.4, -0.2) is 21.6 Å². The number of aryl methyl sites for hydroxylation is 1. The largest absolute Gasteiger partial charge is 0.508 e. The second-order valence-electron chi connectivity index (χ2n) is 3.04. The molecule has 0 spiro atoms. The summed E-state index contributed by atoms with van der Waals surface area (Å²) < 4.78 is 0. The number of aliphatic hydroxyl groups excluding tert-OH is 1. The first-order valence-electron chi connectivity index (χ1n) is 4.32. The van der Waals surface area contributed by atoms with E-state index in [0.717, 1.165) is 18.4 Å². The van der Waals surface area contributed by atoms with Crippen molar-refractivity contribution in [1.82, 2.24) is 0 Å². The van der Waals surface area contributed by atoms with Crippen molar-refractivity contribution in [3.05, 3.63) is 29.8 Å². The van der Waals surface area contributed by atoms with Crippen molar-refractivity contribution in [2.75, 3.05) is 0 Å². The molecule has 0 heterocycles. The van der Waals surface area contributed by atoms with Crippen LogP contribution in [0.5, 0.6) is 5.75 Å². The van der Waals surface area contributed by atoms with E-state index in [0.29, 0.717) is 6.42 Å². The number of aliphatic hydroxyl groups is 2. The Morgan fingerprint density at radius 1 is 1.08 bits per heavy atom. The number of rotatable bonds is 4. The van der Waals surface area contributed by atoms with Crippen LogP contribution in [-0.2, 0) is 6.42 Å². The molecule has 0 unspecified atom stereocenters. The molecule has 0 amide bonds. The zero-order valence-corrected chi connectivity index (χ0v) is 7.35. The first-order chi connectivity index (χ1) is 6.18. The molecule has 3 N–H and O–H groups in total. The second-order valence-corrected chi connectivity index (χ2v) is 3.04.